The molecule has 10 heteroatoms. The highest BCUT2D eigenvalue weighted by atomic mass is 35.5. The summed E-state index contributed by atoms with van der Waals surface area (Å²) in [5, 5.41) is 8.08. The van der Waals surface area contributed by atoms with Crippen LogP contribution in [0.4, 0.5) is 0 Å². The molecular formula is C19H33Cl2N5O3. The second-order valence-electron chi connectivity index (χ2n) is 7.02. The van der Waals surface area contributed by atoms with Gasteiger partial charge < -0.3 is 26.6 Å². The van der Waals surface area contributed by atoms with Crippen molar-refractivity contribution in [2.24, 2.45) is 11.7 Å². The maximum atomic E-state index is 12.0. The van der Waals surface area contributed by atoms with E-state index in [1.165, 1.54) is 0 Å². The van der Waals surface area contributed by atoms with Gasteiger partial charge in [0, 0.05) is 25.2 Å². The van der Waals surface area contributed by atoms with E-state index in [4.69, 9.17) is 5.73 Å². The fourth-order valence-corrected chi connectivity index (χ4v) is 2.12. The Kier molecular flexibility index (Phi) is 15.2. The highest BCUT2D eigenvalue weighted by Crippen LogP contribution is 2.04. The van der Waals surface area contributed by atoms with Crippen molar-refractivity contribution < 1.29 is 14.4 Å². The van der Waals surface area contributed by atoms with E-state index in [0.717, 1.165) is 12.1 Å². The molecule has 166 valence electrons. The summed E-state index contributed by atoms with van der Waals surface area (Å²) >= 11 is 0. The topological polar surface area (TPSA) is 117 Å². The summed E-state index contributed by atoms with van der Waals surface area (Å²) in [5.74, 6) is -0.766. The number of carbonyl (C=O) groups excluding carboxylic acids is 3. The van der Waals surface area contributed by atoms with Crippen LogP contribution in [0.15, 0.2) is 24.3 Å². The third-order valence-corrected chi connectivity index (χ3v) is 3.99. The first-order chi connectivity index (χ1) is 12.7. The Hall–Kier alpha value is -1.87. The number of nitrogens with one attached hydrogen (secondary N) is 3. The van der Waals surface area contributed by atoms with Crippen LogP contribution >= 0.6 is 24.8 Å². The van der Waals surface area contributed by atoms with Gasteiger partial charge in [0.2, 0.25) is 11.8 Å². The molecule has 1 aromatic rings. The summed E-state index contributed by atoms with van der Waals surface area (Å²) < 4.78 is 0. The van der Waals surface area contributed by atoms with E-state index < -0.39 is 6.04 Å². The zero-order valence-corrected chi connectivity index (χ0v) is 19.0. The van der Waals surface area contributed by atoms with Crippen molar-refractivity contribution in [3.8, 4) is 0 Å². The lowest BCUT2D eigenvalue weighted by Crippen LogP contribution is -2.47. The molecule has 3 amide bonds. The van der Waals surface area contributed by atoms with Crippen molar-refractivity contribution in [3.05, 3.63) is 35.4 Å². The molecule has 5 N–H and O–H groups in total. The van der Waals surface area contributed by atoms with E-state index in [2.05, 4.69) is 16.0 Å². The van der Waals surface area contributed by atoms with E-state index in [0.29, 0.717) is 18.7 Å². The molecule has 0 spiro atoms. The Morgan fingerprint density at radius 2 is 1.59 bits per heavy atom. The third-order valence-electron chi connectivity index (χ3n) is 3.99. The summed E-state index contributed by atoms with van der Waals surface area (Å²) in [6, 6.07) is 6.38. The fraction of sp³-hybridized carbons (Fsp3) is 0.526. The predicted octanol–water partition coefficient (Wildman–Crippen LogP) is 0.537. The summed E-state index contributed by atoms with van der Waals surface area (Å²) in [7, 11) is 3.89. The van der Waals surface area contributed by atoms with Crippen molar-refractivity contribution >= 4 is 42.5 Å². The molecule has 0 bridgehead atoms. The summed E-state index contributed by atoms with van der Waals surface area (Å²) in [4.78, 5) is 37.5. The highest BCUT2D eigenvalue weighted by molar-refractivity contribution is 5.94. The van der Waals surface area contributed by atoms with Gasteiger partial charge in [0.1, 0.15) is 0 Å². The van der Waals surface area contributed by atoms with Gasteiger partial charge in [-0.3, -0.25) is 14.4 Å². The van der Waals surface area contributed by atoms with Gasteiger partial charge in [0.05, 0.1) is 12.6 Å². The molecular weight excluding hydrogens is 417 g/mol. The molecule has 0 radical (unpaired) electrons. The molecule has 0 aromatic heterocycles. The molecule has 0 aliphatic carbocycles. The summed E-state index contributed by atoms with van der Waals surface area (Å²) in [5.41, 5.74) is 7.14. The number of benzene rings is 1. The average molecular weight is 450 g/mol. The maximum Gasteiger partial charge on any atom is 0.251 e. The molecule has 0 aliphatic heterocycles. The first-order valence-electron chi connectivity index (χ1n) is 9.02. The molecule has 0 fully saturated rings. The minimum absolute atomic E-state index is 0. The molecule has 29 heavy (non-hydrogen) atoms. The molecule has 0 saturated heterocycles. The van der Waals surface area contributed by atoms with E-state index >= 15 is 0 Å². The SMILES string of the molecule is CC(C)[C@H](N)C(=O)NCC(=O)NCc1ccc(C(=O)NCCN(C)C)cc1.Cl.Cl. The van der Waals surface area contributed by atoms with Crippen LogP contribution in [0, 0.1) is 5.92 Å². The molecule has 0 aliphatic rings. The smallest absolute Gasteiger partial charge is 0.251 e. The molecule has 0 heterocycles. The van der Waals surface area contributed by atoms with Crippen molar-refractivity contribution in [3.63, 3.8) is 0 Å². The lowest BCUT2D eigenvalue weighted by Gasteiger charge is -2.15. The van der Waals surface area contributed by atoms with Crippen LogP contribution in [-0.2, 0) is 16.1 Å². The van der Waals surface area contributed by atoms with E-state index in [1.807, 2.05) is 32.8 Å². The number of nitrogens with two attached hydrogens (primary N) is 1. The molecule has 8 nitrogen and oxygen atoms in total. The molecule has 0 saturated carbocycles. The van der Waals surface area contributed by atoms with Gasteiger partial charge in [0.25, 0.3) is 5.91 Å². The monoisotopic (exact) mass is 449 g/mol. The predicted molar refractivity (Wildman–Crippen MR) is 119 cm³/mol. The minimum Gasteiger partial charge on any atom is -0.351 e. The van der Waals surface area contributed by atoms with Gasteiger partial charge in [-0.1, -0.05) is 26.0 Å². The highest BCUT2D eigenvalue weighted by Gasteiger charge is 2.17. The Morgan fingerprint density at radius 1 is 1.00 bits per heavy atom. The second kappa shape index (κ2) is 15.0. The number of likely N-dealkylation sites (N-methyl/N-ethyl adjacent to an activating group) is 1. The Balaban J connectivity index is 0. The standard InChI is InChI=1S/C19H31N5O3.2ClH/c1-13(2)17(20)19(27)23-12-16(25)22-11-14-5-7-15(8-6-14)18(26)21-9-10-24(3)4;;/h5-8,13,17H,9-12,20H2,1-4H3,(H,21,26)(H,22,25)(H,23,27);2*1H/t17-;;/m0../s1. The zero-order valence-electron chi connectivity index (χ0n) is 17.4. The Morgan fingerprint density at radius 3 is 2.10 bits per heavy atom. The van der Waals surface area contributed by atoms with Gasteiger partial charge in [-0.2, -0.15) is 0 Å². The fourth-order valence-electron chi connectivity index (χ4n) is 2.12. The number of halogens is 2. The maximum absolute atomic E-state index is 12.0. The number of hydrogen-bond donors (Lipinski definition) is 4. The zero-order chi connectivity index (χ0) is 20.4. The number of amides is 3. The third kappa shape index (κ3) is 11.7. The lowest BCUT2D eigenvalue weighted by atomic mass is 10.1. The summed E-state index contributed by atoms with van der Waals surface area (Å²) in [6.45, 7) is 5.23. The molecule has 0 unspecified atom stereocenters. The van der Waals surface area contributed by atoms with Crippen LogP contribution in [0.3, 0.4) is 0 Å². The van der Waals surface area contributed by atoms with Crippen LogP contribution in [0.1, 0.15) is 29.8 Å². The van der Waals surface area contributed by atoms with Crippen molar-refractivity contribution in [1.82, 2.24) is 20.9 Å². The average Bonchev–Trinajstić information content (AvgIpc) is 2.63. The summed E-state index contributed by atoms with van der Waals surface area (Å²) in [6.07, 6.45) is 0. The van der Waals surface area contributed by atoms with Crippen LogP contribution in [0.5, 0.6) is 0 Å². The van der Waals surface area contributed by atoms with Gasteiger partial charge in [0.15, 0.2) is 0 Å². The normalized spacial score (nSPS) is 11.1. The minimum atomic E-state index is -0.630. The van der Waals surface area contributed by atoms with Crippen LogP contribution < -0.4 is 21.7 Å². The van der Waals surface area contributed by atoms with Crippen LogP contribution in [0.2, 0.25) is 0 Å². The first kappa shape index (κ1) is 29.3. The van der Waals surface area contributed by atoms with E-state index in [1.54, 1.807) is 24.3 Å². The number of nitrogens with zero attached hydrogens (tertiary/aromatic N) is 1. The van der Waals surface area contributed by atoms with E-state index in [-0.39, 0.29) is 55.0 Å². The lowest BCUT2D eigenvalue weighted by molar-refractivity contribution is -0.127. The number of carbonyl (C=O) groups is 3. The van der Waals surface area contributed by atoms with Gasteiger partial charge in [-0.25, -0.2) is 0 Å². The van der Waals surface area contributed by atoms with Crippen molar-refractivity contribution in [2.45, 2.75) is 26.4 Å². The van der Waals surface area contributed by atoms with Crippen LogP contribution in [-0.4, -0.2) is 62.4 Å². The molecule has 1 atom stereocenters. The Labute approximate surface area is 185 Å². The quantitative estimate of drug-likeness (QED) is 0.415. The first-order valence-corrected chi connectivity index (χ1v) is 9.02. The van der Waals surface area contributed by atoms with Crippen molar-refractivity contribution in [2.75, 3.05) is 33.7 Å². The van der Waals surface area contributed by atoms with Crippen LogP contribution in [0.25, 0.3) is 0 Å². The van der Waals surface area contributed by atoms with Gasteiger partial charge in [-0.15, -0.1) is 24.8 Å². The largest absolute Gasteiger partial charge is 0.351 e. The number of hydrogen-bond acceptors (Lipinski definition) is 5. The number of rotatable bonds is 10. The van der Waals surface area contributed by atoms with E-state index in [9.17, 15) is 14.4 Å². The van der Waals surface area contributed by atoms with Crippen molar-refractivity contribution in [1.29, 1.82) is 0 Å². The second-order valence-corrected chi connectivity index (χ2v) is 7.02. The van der Waals surface area contributed by atoms with Gasteiger partial charge in [-0.05, 0) is 37.7 Å². The molecule has 1 aromatic carbocycles. The Bertz CT molecular complexity index is 639. The van der Waals surface area contributed by atoms with Gasteiger partial charge >= 0.3 is 0 Å². The molecule has 1 rings (SSSR count).